The molecule has 0 bridgehead atoms. The zero-order valence-electron chi connectivity index (χ0n) is 9.27. The molecular weight excluding hydrogens is 158 g/mol. The van der Waals surface area contributed by atoms with Crippen LogP contribution in [-0.4, -0.2) is 12.1 Å². The van der Waals surface area contributed by atoms with Gasteiger partial charge in [-0.25, -0.2) is 0 Å². The summed E-state index contributed by atoms with van der Waals surface area (Å²) >= 11 is 0. The molecule has 13 heavy (non-hydrogen) atoms. The maximum absolute atomic E-state index is 3.81. The van der Waals surface area contributed by atoms with Gasteiger partial charge >= 0.3 is 0 Å². The molecule has 0 aromatic carbocycles. The molecule has 0 radical (unpaired) electrons. The fraction of sp³-hybridized carbons (Fsp3) is 1.00. The average Bonchev–Trinajstić information content (AvgIpc) is 2.40. The summed E-state index contributed by atoms with van der Waals surface area (Å²) in [5.41, 5.74) is 0.496. The molecule has 0 spiro atoms. The summed E-state index contributed by atoms with van der Waals surface area (Å²) in [6.07, 6.45) is 7.18. The van der Waals surface area contributed by atoms with E-state index in [2.05, 4.69) is 26.1 Å². The lowest BCUT2D eigenvalue weighted by molar-refractivity contribution is 0.316. The summed E-state index contributed by atoms with van der Waals surface area (Å²) < 4.78 is 0. The summed E-state index contributed by atoms with van der Waals surface area (Å²) in [5, 5.41) is 3.81. The lowest BCUT2D eigenvalue weighted by Gasteiger charge is -2.23. The molecule has 0 amide bonds. The van der Waals surface area contributed by atoms with Crippen molar-refractivity contribution in [2.24, 2.45) is 11.3 Å². The van der Waals surface area contributed by atoms with Crippen LogP contribution in [0.2, 0.25) is 0 Å². The van der Waals surface area contributed by atoms with Crippen molar-refractivity contribution in [1.82, 2.24) is 5.32 Å². The van der Waals surface area contributed by atoms with Crippen molar-refractivity contribution in [2.45, 2.75) is 65.0 Å². The lowest BCUT2D eigenvalue weighted by atomic mass is 9.86. The second-order valence-electron chi connectivity index (χ2n) is 6.16. The first-order chi connectivity index (χ1) is 6.04. The van der Waals surface area contributed by atoms with E-state index >= 15 is 0 Å². The predicted molar refractivity (Wildman–Crippen MR) is 56.7 cm³/mol. The Morgan fingerprint density at radius 1 is 1.23 bits per heavy atom. The molecule has 2 fully saturated rings. The quantitative estimate of drug-likeness (QED) is 0.656. The standard InChI is InChI=1S/C12H23N/c1-12(2,3)8-10-7-9-5-4-6-11(9)13-10/h9-11,13H,4-8H2,1-3H3/t9-,10?,11-/m1/s1. The first-order valence-corrected chi connectivity index (χ1v) is 5.81. The third-order valence-electron chi connectivity index (χ3n) is 3.55. The number of hydrogen-bond donors (Lipinski definition) is 1. The molecule has 1 unspecified atom stereocenters. The number of nitrogens with one attached hydrogen (secondary N) is 1. The van der Waals surface area contributed by atoms with Gasteiger partial charge in [0.2, 0.25) is 0 Å². The van der Waals surface area contributed by atoms with Crippen molar-refractivity contribution < 1.29 is 0 Å². The Morgan fingerprint density at radius 2 is 2.00 bits per heavy atom. The van der Waals surface area contributed by atoms with Gasteiger partial charge in [0.25, 0.3) is 0 Å². The summed E-state index contributed by atoms with van der Waals surface area (Å²) in [7, 11) is 0. The second-order valence-corrected chi connectivity index (χ2v) is 6.16. The molecule has 1 saturated carbocycles. The number of rotatable bonds is 1. The molecule has 0 aromatic rings. The van der Waals surface area contributed by atoms with Crippen LogP contribution in [-0.2, 0) is 0 Å². The van der Waals surface area contributed by atoms with Gasteiger partial charge in [-0.1, -0.05) is 27.2 Å². The Balaban J connectivity index is 1.85. The van der Waals surface area contributed by atoms with Crippen LogP contribution in [0.5, 0.6) is 0 Å². The maximum atomic E-state index is 3.81. The molecule has 76 valence electrons. The Hall–Kier alpha value is -0.0400. The first kappa shape index (κ1) is 9.51. The number of fused-ring (bicyclic) bond motifs is 1. The van der Waals surface area contributed by atoms with Crippen molar-refractivity contribution in [1.29, 1.82) is 0 Å². The van der Waals surface area contributed by atoms with Gasteiger partial charge < -0.3 is 5.32 Å². The Bertz CT molecular complexity index is 168. The van der Waals surface area contributed by atoms with Gasteiger partial charge in [-0.3, -0.25) is 0 Å². The average molecular weight is 181 g/mol. The fourth-order valence-electron chi connectivity index (χ4n) is 3.16. The third kappa shape index (κ3) is 2.25. The van der Waals surface area contributed by atoms with Crippen LogP contribution >= 0.6 is 0 Å². The Morgan fingerprint density at radius 3 is 2.62 bits per heavy atom. The van der Waals surface area contributed by atoms with E-state index in [0.717, 1.165) is 18.0 Å². The van der Waals surface area contributed by atoms with Gasteiger partial charge in [0, 0.05) is 12.1 Å². The highest BCUT2D eigenvalue weighted by atomic mass is 15.0. The lowest BCUT2D eigenvalue weighted by Crippen LogP contribution is -2.32. The molecule has 2 rings (SSSR count). The van der Waals surface area contributed by atoms with Gasteiger partial charge in [-0.2, -0.15) is 0 Å². The van der Waals surface area contributed by atoms with Crippen molar-refractivity contribution in [3.63, 3.8) is 0 Å². The molecule has 3 atom stereocenters. The molecule has 1 heteroatoms. The molecule has 1 aliphatic heterocycles. The SMILES string of the molecule is CC(C)(C)CC1C[C@H]2CCC[C@H]2N1. The van der Waals surface area contributed by atoms with Crippen molar-refractivity contribution in [3.05, 3.63) is 0 Å². The minimum Gasteiger partial charge on any atom is -0.311 e. The van der Waals surface area contributed by atoms with Crippen LogP contribution in [0.4, 0.5) is 0 Å². The minimum absolute atomic E-state index is 0.496. The van der Waals surface area contributed by atoms with E-state index in [9.17, 15) is 0 Å². The van der Waals surface area contributed by atoms with E-state index in [-0.39, 0.29) is 0 Å². The van der Waals surface area contributed by atoms with Crippen LogP contribution in [0.15, 0.2) is 0 Å². The zero-order chi connectivity index (χ0) is 9.47. The molecule has 0 aromatic heterocycles. The van der Waals surface area contributed by atoms with E-state index in [4.69, 9.17) is 0 Å². The smallest absolute Gasteiger partial charge is 0.00985 e. The molecular formula is C12H23N. The van der Waals surface area contributed by atoms with E-state index in [0.29, 0.717) is 5.41 Å². The van der Waals surface area contributed by atoms with Crippen molar-refractivity contribution >= 4 is 0 Å². The van der Waals surface area contributed by atoms with Gasteiger partial charge in [0.05, 0.1) is 0 Å². The summed E-state index contributed by atoms with van der Waals surface area (Å²) in [6, 6.07) is 1.70. The van der Waals surface area contributed by atoms with E-state index < -0.39 is 0 Å². The molecule has 1 saturated heterocycles. The summed E-state index contributed by atoms with van der Waals surface area (Å²) in [6.45, 7) is 7.05. The second kappa shape index (κ2) is 3.27. The summed E-state index contributed by atoms with van der Waals surface area (Å²) in [5.74, 6) is 1.02. The molecule has 1 heterocycles. The largest absolute Gasteiger partial charge is 0.311 e. The van der Waals surface area contributed by atoms with Crippen molar-refractivity contribution in [3.8, 4) is 0 Å². The van der Waals surface area contributed by atoms with Crippen LogP contribution in [0.25, 0.3) is 0 Å². The molecule has 2 aliphatic rings. The minimum atomic E-state index is 0.496. The van der Waals surface area contributed by atoms with Crippen LogP contribution < -0.4 is 5.32 Å². The van der Waals surface area contributed by atoms with Crippen LogP contribution in [0.3, 0.4) is 0 Å². The molecule has 1 N–H and O–H groups in total. The number of hydrogen-bond acceptors (Lipinski definition) is 1. The Kier molecular flexibility index (Phi) is 2.39. The first-order valence-electron chi connectivity index (χ1n) is 5.81. The maximum Gasteiger partial charge on any atom is 0.00985 e. The van der Waals surface area contributed by atoms with Gasteiger partial charge in [-0.15, -0.1) is 0 Å². The monoisotopic (exact) mass is 181 g/mol. The molecule has 1 aliphatic carbocycles. The van der Waals surface area contributed by atoms with Gasteiger partial charge in [0.1, 0.15) is 0 Å². The fourth-order valence-corrected chi connectivity index (χ4v) is 3.16. The van der Waals surface area contributed by atoms with Crippen LogP contribution in [0.1, 0.15) is 52.9 Å². The zero-order valence-corrected chi connectivity index (χ0v) is 9.27. The van der Waals surface area contributed by atoms with Gasteiger partial charge in [-0.05, 0) is 37.0 Å². The van der Waals surface area contributed by atoms with E-state index in [1.165, 1.54) is 32.1 Å². The summed E-state index contributed by atoms with van der Waals surface area (Å²) in [4.78, 5) is 0. The topological polar surface area (TPSA) is 12.0 Å². The van der Waals surface area contributed by atoms with E-state index in [1.807, 2.05) is 0 Å². The highest BCUT2D eigenvalue weighted by Gasteiger charge is 2.37. The van der Waals surface area contributed by atoms with Crippen molar-refractivity contribution in [2.75, 3.05) is 0 Å². The highest BCUT2D eigenvalue weighted by molar-refractivity contribution is 4.95. The van der Waals surface area contributed by atoms with E-state index in [1.54, 1.807) is 0 Å². The predicted octanol–water partition coefficient (Wildman–Crippen LogP) is 2.95. The van der Waals surface area contributed by atoms with Crippen LogP contribution in [0, 0.1) is 11.3 Å². The normalized spacial score (nSPS) is 39.5. The highest BCUT2D eigenvalue weighted by Crippen LogP contribution is 2.37. The molecule has 1 nitrogen and oxygen atoms in total. The third-order valence-corrected chi connectivity index (χ3v) is 3.55. The van der Waals surface area contributed by atoms with Gasteiger partial charge in [0.15, 0.2) is 0 Å². The Labute approximate surface area is 82.3 Å².